The first-order valence-corrected chi connectivity index (χ1v) is 10.5. The predicted molar refractivity (Wildman–Crippen MR) is 118 cm³/mol. The molecule has 0 aliphatic carbocycles. The first-order chi connectivity index (χ1) is 14.5. The fraction of sp³-hybridized carbons (Fsp3) is 0.136. The number of carbonyl (C=O) groups excluding carboxylic acids is 1. The summed E-state index contributed by atoms with van der Waals surface area (Å²) in [5.74, 6) is -1.45. The minimum absolute atomic E-state index is 0.0156. The number of hydrogen-bond acceptors (Lipinski definition) is 4. The van der Waals surface area contributed by atoms with Gasteiger partial charge in [-0.3, -0.25) is 4.79 Å². The van der Waals surface area contributed by atoms with Crippen LogP contribution in [0.5, 0.6) is 0 Å². The number of aromatic amines is 1. The van der Waals surface area contributed by atoms with Gasteiger partial charge in [-0.05, 0) is 23.8 Å². The van der Waals surface area contributed by atoms with E-state index in [2.05, 4.69) is 15.3 Å². The molecule has 0 spiro atoms. The molecule has 2 aromatic heterocycles. The predicted octanol–water partition coefficient (Wildman–Crippen LogP) is 4.30. The quantitative estimate of drug-likeness (QED) is 0.400. The Kier molecular flexibility index (Phi) is 5.83. The molecule has 4 rings (SSSR count). The number of carboxylic acids is 1. The molecule has 1 amide bonds. The largest absolute Gasteiger partial charge is 0.480 e. The molecule has 0 radical (unpaired) electrons. The van der Waals surface area contributed by atoms with Crippen LogP contribution in [-0.4, -0.2) is 33.0 Å². The fourth-order valence-electron chi connectivity index (χ4n) is 3.24. The van der Waals surface area contributed by atoms with Crippen molar-refractivity contribution >= 4 is 45.7 Å². The van der Waals surface area contributed by atoms with E-state index >= 15 is 0 Å². The Balaban J connectivity index is 1.42. The number of hydrogen-bond donors (Lipinski definition) is 3. The fourth-order valence-corrected chi connectivity index (χ4v) is 4.20. The third-order valence-electron chi connectivity index (χ3n) is 4.72. The summed E-state index contributed by atoms with van der Waals surface area (Å²) in [7, 11) is 0. The van der Waals surface area contributed by atoms with E-state index in [1.165, 1.54) is 11.3 Å². The number of halogens is 1. The van der Waals surface area contributed by atoms with E-state index in [-0.39, 0.29) is 18.7 Å². The van der Waals surface area contributed by atoms with Gasteiger partial charge in [-0.25, -0.2) is 9.78 Å². The second kappa shape index (κ2) is 8.69. The van der Waals surface area contributed by atoms with Gasteiger partial charge in [0.05, 0.1) is 12.1 Å². The van der Waals surface area contributed by atoms with E-state index in [0.29, 0.717) is 10.7 Å². The van der Waals surface area contributed by atoms with Crippen molar-refractivity contribution in [2.45, 2.75) is 18.9 Å². The second-order valence-electron chi connectivity index (χ2n) is 6.85. The third kappa shape index (κ3) is 4.53. The second-order valence-corrected chi connectivity index (χ2v) is 8.14. The Morgan fingerprint density at radius 1 is 1.17 bits per heavy atom. The Morgan fingerprint density at radius 3 is 2.70 bits per heavy atom. The highest BCUT2D eigenvalue weighted by atomic mass is 35.5. The Morgan fingerprint density at radius 2 is 1.93 bits per heavy atom. The summed E-state index contributed by atoms with van der Waals surface area (Å²) in [5.41, 5.74) is 3.29. The van der Waals surface area contributed by atoms with E-state index in [0.717, 1.165) is 27.0 Å². The lowest BCUT2D eigenvalue weighted by molar-refractivity contribution is -0.141. The highest BCUT2D eigenvalue weighted by Gasteiger charge is 2.22. The lowest BCUT2D eigenvalue weighted by Gasteiger charge is -2.14. The number of H-pyrrole nitrogens is 1. The molecule has 0 unspecified atom stereocenters. The minimum Gasteiger partial charge on any atom is -0.480 e. The first kappa shape index (κ1) is 20.1. The molecule has 2 heterocycles. The minimum atomic E-state index is -1.08. The molecule has 0 aliphatic rings. The monoisotopic (exact) mass is 439 g/mol. The van der Waals surface area contributed by atoms with Gasteiger partial charge in [0, 0.05) is 39.5 Å². The summed E-state index contributed by atoms with van der Waals surface area (Å²) in [6, 6.07) is 13.9. The summed E-state index contributed by atoms with van der Waals surface area (Å²) in [6.07, 6.45) is 1.99. The van der Waals surface area contributed by atoms with Crippen LogP contribution in [0, 0.1) is 0 Å². The van der Waals surface area contributed by atoms with Crippen molar-refractivity contribution in [1.29, 1.82) is 0 Å². The average molecular weight is 440 g/mol. The van der Waals surface area contributed by atoms with E-state index in [4.69, 9.17) is 11.6 Å². The van der Waals surface area contributed by atoms with Crippen LogP contribution in [0.4, 0.5) is 0 Å². The van der Waals surface area contributed by atoms with Gasteiger partial charge in [0.15, 0.2) is 0 Å². The highest BCUT2D eigenvalue weighted by Crippen LogP contribution is 2.25. The Hall–Kier alpha value is -3.16. The van der Waals surface area contributed by atoms with Crippen LogP contribution in [0.3, 0.4) is 0 Å². The van der Waals surface area contributed by atoms with Crippen LogP contribution in [0.2, 0.25) is 5.02 Å². The van der Waals surface area contributed by atoms with Crippen LogP contribution >= 0.6 is 22.9 Å². The first-order valence-electron chi connectivity index (χ1n) is 9.27. The molecule has 0 bridgehead atoms. The van der Waals surface area contributed by atoms with Crippen LogP contribution in [-0.2, 0) is 22.4 Å². The Labute approximate surface area is 181 Å². The van der Waals surface area contributed by atoms with E-state index < -0.39 is 12.0 Å². The van der Waals surface area contributed by atoms with Crippen molar-refractivity contribution in [3.63, 3.8) is 0 Å². The molecule has 6 nitrogen and oxygen atoms in total. The molecule has 2 aromatic carbocycles. The number of fused-ring (bicyclic) bond motifs is 1. The van der Waals surface area contributed by atoms with Crippen molar-refractivity contribution in [1.82, 2.24) is 15.3 Å². The van der Waals surface area contributed by atoms with Crippen LogP contribution in [0.25, 0.3) is 21.5 Å². The third-order valence-corrected chi connectivity index (χ3v) is 5.91. The van der Waals surface area contributed by atoms with Crippen molar-refractivity contribution in [3.05, 3.63) is 76.4 Å². The summed E-state index contributed by atoms with van der Waals surface area (Å²) >= 11 is 7.34. The van der Waals surface area contributed by atoms with Crippen LogP contribution in [0.15, 0.2) is 60.1 Å². The molecular formula is C22H18ClN3O3S. The maximum atomic E-state index is 12.5. The molecule has 8 heteroatoms. The van der Waals surface area contributed by atoms with Crippen LogP contribution < -0.4 is 5.32 Å². The molecule has 30 heavy (non-hydrogen) atoms. The number of nitrogens with zero attached hydrogens (tertiary/aromatic N) is 1. The van der Waals surface area contributed by atoms with Gasteiger partial charge in [0.2, 0.25) is 5.91 Å². The Bertz CT molecular complexity index is 1200. The average Bonchev–Trinajstić information content (AvgIpc) is 3.35. The zero-order valence-corrected chi connectivity index (χ0v) is 17.3. The van der Waals surface area contributed by atoms with Gasteiger partial charge in [0.1, 0.15) is 11.0 Å². The molecule has 0 saturated carbocycles. The summed E-state index contributed by atoms with van der Waals surface area (Å²) < 4.78 is 0. The number of benzene rings is 2. The number of carboxylic acid groups (broad SMARTS) is 1. The topological polar surface area (TPSA) is 95.1 Å². The van der Waals surface area contributed by atoms with Gasteiger partial charge in [0.25, 0.3) is 0 Å². The van der Waals surface area contributed by atoms with E-state index in [9.17, 15) is 14.7 Å². The maximum Gasteiger partial charge on any atom is 0.326 e. The van der Waals surface area contributed by atoms with Crippen molar-refractivity contribution in [2.24, 2.45) is 0 Å². The molecule has 0 saturated heterocycles. The van der Waals surface area contributed by atoms with Crippen molar-refractivity contribution in [2.75, 3.05) is 0 Å². The lowest BCUT2D eigenvalue weighted by Crippen LogP contribution is -2.43. The summed E-state index contributed by atoms with van der Waals surface area (Å²) in [5, 5.41) is 16.4. The number of rotatable bonds is 7. The van der Waals surface area contributed by atoms with Crippen molar-refractivity contribution < 1.29 is 14.7 Å². The summed E-state index contributed by atoms with van der Waals surface area (Å²) in [4.78, 5) is 31.8. The number of aromatic nitrogens is 2. The molecule has 3 N–H and O–H groups in total. The number of para-hydroxylation sites is 1. The molecule has 0 fully saturated rings. The number of amides is 1. The van der Waals surface area contributed by atoms with E-state index in [1.54, 1.807) is 23.7 Å². The highest BCUT2D eigenvalue weighted by molar-refractivity contribution is 7.13. The zero-order chi connectivity index (χ0) is 21.1. The maximum absolute atomic E-state index is 12.5. The number of thiazole rings is 1. The number of carbonyl (C=O) groups is 2. The van der Waals surface area contributed by atoms with Crippen molar-refractivity contribution in [3.8, 4) is 10.6 Å². The smallest absolute Gasteiger partial charge is 0.326 e. The van der Waals surface area contributed by atoms with E-state index in [1.807, 2.05) is 36.4 Å². The molecule has 1 atom stereocenters. The summed E-state index contributed by atoms with van der Waals surface area (Å²) in [6.45, 7) is 0. The number of aliphatic carboxylic acids is 1. The molecule has 4 aromatic rings. The van der Waals surface area contributed by atoms with Gasteiger partial charge in [-0.1, -0.05) is 41.9 Å². The number of nitrogens with one attached hydrogen (secondary N) is 2. The van der Waals surface area contributed by atoms with Gasteiger partial charge in [-0.2, -0.15) is 0 Å². The normalized spacial score (nSPS) is 12.0. The molecular weight excluding hydrogens is 422 g/mol. The van der Waals surface area contributed by atoms with Gasteiger partial charge < -0.3 is 15.4 Å². The van der Waals surface area contributed by atoms with Gasteiger partial charge in [-0.15, -0.1) is 11.3 Å². The lowest BCUT2D eigenvalue weighted by atomic mass is 10.0. The zero-order valence-electron chi connectivity index (χ0n) is 15.8. The SMILES string of the molecule is O=C(Cc1csc(-c2ccc(Cl)cc2)n1)N[C@H](Cc1c[nH]c2ccccc12)C(=O)O. The standard InChI is InChI=1S/C22H18ClN3O3S/c23-15-7-5-13(6-8-15)21-25-16(12-30-21)10-20(27)26-19(22(28)29)9-14-11-24-18-4-2-1-3-17(14)18/h1-8,11-12,19,24H,9-10H2,(H,26,27)(H,28,29)/t19-/m1/s1. The van der Waals surface area contributed by atoms with Gasteiger partial charge >= 0.3 is 5.97 Å². The van der Waals surface area contributed by atoms with Crippen LogP contribution in [0.1, 0.15) is 11.3 Å². The molecule has 152 valence electrons. The molecule has 0 aliphatic heterocycles.